The summed E-state index contributed by atoms with van der Waals surface area (Å²) in [7, 11) is 0. The smallest absolute Gasteiger partial charge is 0.291 e. The summed E-state index contributed by atoms with van der Waals surface area (Å²) in [6.45, 7) is 2.54. The van der Waals surface area contributed by atoms with Gasteiger partial charge in [-0.2, -0.15) is 4.98 Å². The molecule has 0 bridgehead atoms. The summed E-state index contributed by atoms with van der Waals surface area (Å²) in [5, 5.41) is 6.94. The summed E-state index contributed by atoms with van der Waals surface area (Å²) in [4.78, 5) is 20.5. The molecule has 1 atom stereocenters. The minimum Gasteiger partial charge on any atom is -0.486 e. The number of carbonyl (C=O) groups is 1. The number of para-hydroxylation sites is 2. The molecule has 1 aromatic carbocycles. The van der Waals surface area contributed by atoms with Gasteiger partial charge in [0.1, 0.15) is 12.7 Å². The molecule has 1 N–H and O–H groups in total. The normalized spacial score (nSPS) is 16.1. The fourth-order valence-electron chi connectivity index (χ4n) is 2.45. The Labute approximate surface area is 137 Å². The Kier molecular flexibility index (Phi) is 3.49. The highest BCUT2D eigenvalue weighted by Gasteiger charge is 2.22. The predicted molar refractivity (Wildman–Crippen MR) is 84.2 cm³/mol. The summed E-state index contributed by atoms with van der Waals surface area (Å²) in [5.41, 5.74) is 0.854. The van der Waals surface area contributed by atoms with Gasteiger partial charge in [0.25, 0.3) is 11.7 Å². The molecule has 0 aliphatic carbocycles. The highest BCUT2D eigenvalue weighted by molar-refractivity contribution is 5.90. The van der Waals surface area contributed by atoms with Crippen molar-refractivity contribution in [1.82, 2.24) is 24.9 Å². The number of benzene rings is 1. The summed E-state index contributed by atoms with van der Waals surface area (Å²) in [6.07, 6.45) is 1.37. The predicted octanol–water partition coefficient (Wildman–Crippen LogP) is 1.00. The van der Waals surface area contributed by atoms with E-state index in [1.807, 2.05) is 31.2 Å². The van der Waals surface area contributed by atoms with E-state index in [0.717, 1.165) is 5.69 Å². The molecule has 2 aromatic heterocycles. The van der Waals surface area contributed by atoms with E-state index in [4.69, 9.17) is 9.47 Å². The molecule has 3 heterocycles. The van der Waals surface area contributed by atoms with Crippen LogP contribution >= 0.6 is 0 Å². The second-order valence-corrected chi connectivity index (χ2v) is 5.44. The van der Waals surface area contributed by atoms with Crippen LogP contribution in [0.3, 0.4) is 0 Å². The number of aryl methyl sites for hydroxylation is 1. The number of amides is 1. The van der Waals surface area contributed by atoms with Crippen LogP contribution in [0.4, 0.5) is 0 Å². The molecule has 0 saturated heterocycles. The summed E-state index contributed by atoms with van der Waals surface area (Å²) in [5.74, 6) is 1.49. The Morgan fingerprint density at radius 2 is 2.17 bits per heavy atom. The highest BCUT2D eigenvalue weighted by Crippen LogP contribution is 2.30. The lowest BCUT2D eigenvalue weighted by Gasteiger charge is -2.26. The summed E-state index contributed by atoms with van der Waals surface area (Å²) in [6, 6.07) is 9.24. The number of ether oxygens (including phenoxy) is 2. The summed E-state index contributed by atoms with van der Waals surface area (Å²) < 4.78 is 12.9. The molecule has 8 nitrogen and oxygen atoms in total. The standard InChI is InChI=1S/C16H15N5O3/c1-10-6-7-17-16-19-14(20-21(10)16)15(22)18-8-11-9-23-12-4-2-3-5-13(12)24-11/h2-7,11H,8-9H2,1H3,(H,18,22)/t11-/m0/s1. The number of hydrogen-bond acceptors (Lipinski definition) is 6. The van der Waals surface area contributed by atoms with Gasteiger partial charge in [0.05, 0.1) is 6.54 Å². The van der Waals surface area contributed by atoms with Crippen LogP contribution in [-0.2, 0) is 0 Å². The molecule has 4 rings (SSSR count). The van der Waals surface area contributed by atoms with Gasteiger partial charge in [-0.15, -0.1) is 5.10 Å². The molecule has 3 aromatic rings. The van der Waals surface area contributed by atoms with Crippen LogP contribution < -0.4 is 14.8 Å². The summed E-state index contributed by atoms with van der Waals surface area (Å²) >= 11 is 0. The van der Waals surface area contributed by atoms with E-state index in [0.29, 0.717) is 30.4 Å². The zero-order chi connectivity index (χ0) is 16.5. The molecule has 0 spiro atoms. The van der Waals surface area contributed by atoms with Crippen LogP contribution in [0.2, 0.25) is 0 Å². The van der Waals surface area contributed by atoms with Crippen LogP contribution in [0, 0.1) is 6.92 Å². The molecule has 8 heteroatoms. The zero-order valence-corrected chi connectivity index (χ0v) is 13.0. The van der Waals surface area contributed by atoms with E-state index >= 15 is 0 Å². The van der Waals surface area contributed by atoms with E-state index in [1.165, 1.54) is 4.52 Å². The Hall–Kier alpha value is -3.16. The molecule has 1 aliphatic heterocycles. The Bertz CT molecular complexity index is 908. The third kappa shape index (κ3) is 2.62. The van der Waals surface area contributed by atoms with Crippen molar-refractivity contribution in [1.29, 1.82) is 0 Å². The van der Waals surface area contributed by atoms with Gasteiger partial charge in [-0.1, -0.05) is 12.1 Å². The lowest BCUT2D eigenvalue weighted by molar-refractivity contribution is 0.0783. The number of nitrogens with zero attached hydrogens (tertiary/aromatic N) is 4. The maximum Gasteiger partial charge on any atom is 0.291 e. The SMILES string of the molecule is Cc1ccnc2nc(C(=O)NC[C@H]3COc4ccccc4O3)nn12. The van der Waals surface area contributed by atoms with Crippen LogP contribution in [0.1, 0.15) is 16.3 Å². The van der Waals surface area contributed by atoms with Crippen molar-refractivity contribution < 1.29 is 14.3 Å². The van der Waals surface area contributed by atoms with E-state index in [-0.39, 0.29) is 17.8 Å². The molecule has 0 fully saturated rings. The van der Waals surface area contributed by atoms with Crippen LogP contribution in [0.15, 0.2) is 36.5 Å². The van der Waals surface area contributed by atoms with E-state index in [9.17, 15) is 4.79 Å². The van der Waals surface area contributed by atoms with E-state index in [2.05, 4.69) is 20.4 Å². The number of hydrogen-bond donors (Lipinski definition) is 1. The Morgan fingerprint density at radius 3 is 3.00 bits per heavy atom. The van der Waals surface area contributed by atoms with Crippen LogP contribution in [0.5, 0.6) is 11.5 Å². The third-order valence-electron chi connectivity index (χ3n) is 3.69. The zero-order valence-electron chi connectivity index (χ0n) is 13.0. The molecular formula is C16H15N5O3. The third-order valence-corrected chi connectivity index (χ3v) is 3.69. The fourth-order valence-corrected chi connectivity index (χ4v) is 2.45. The maximum absolute atomic E-state index is 12.2. The van der Waals surface area contributed by atoms with Gasteiger partial charge in [-0.25, -0.2) is 9.50 Å². The van der Waals surface area contributed by atoms with Gasteiger partial charge in [-0.3, -0.25) is 4.79 Å². The van der Waals surface area contributed by atoms with Crippen molar-refractivity contribution >= 4 is 11.7 Å². The second kappa shape index (κ2) is 5.80. The van der Waals surface area contributed by atoms with Crippen LogP contribution in [0.25, 0.3) is 5.78 Å². The topological polar surface area (TPSA) is 90.6 Å². The average molecular weight is 325 g/mol. The largest absolute Gasteiger partial charge is 0.486 e. The molecule has 122 valence electrons. The molecule has 0 saturated carbocycles. The molecule has 0 radical (unpaired) electrons. The van der Waals surface area contributed by atoms with E-state index in [1.54, 1.807) is 12.3 Å². The first-order valence-electron chi connectivity index (χ1n) is 7.56. The van der Waals surface area contributed by atoms with E-state index < -0.39 is 0 Å². The minimum atomic E-state index is -0.373. The number of nitrogens with one attached hydrogen (secondary N) is 1. The van der Waals surface area contributed by atoms with Gasteiger partial charge in [0, 0.05) is 11.9 Å². The van der Waals surface area contributed by atoms with Gasteiger partial charge in [0.15, 0.2) is 11.5 Å². The van der Waals surface area contributed by atoms with Crippen LogP contribution in [-0.4, -0.2) is 44.7 Å². The first-order chi connectivity index (χ1) is 11.7. The van der Waals surface area contributed by atoms with Gasteiger partial charge < -0.3 is 14.8 Å². The highest BCUT2D eigenvalue weighted by atomic mass is 16.6. The number of rotatable bonds is 3. The first kappa shape index (κ1) is 14.4. The van der Waals surface area contributed by atoms with Gasteiger partial charge >= 0.3 is 0 Å². The maximum atomic E-state index is 12.2. The molecule has 1 amide bonds. The number of carbonyl (C=O) groups excluding carboxylic acids is 1. The molecule has 0 unspecified atom stereocenters. The minimum absolute atomic E-state index is 0.0777. The average Bonchev–Trinajstić information content (AvgIpc) is 3.05. The monoisotopic (exact) mass is 325 g/mol. The van der Waals surface area contributed by atoms with Crippen molar-refractivity contribution in [3.05, 3.63) is 48.0 Å². The number of fused-ring (bicyclic) bond motifs is 2. The Morgan fingerprint density at radius 1 is 1.33 bits per heavy atom. The number of aromatic nitrogens is 4. The van der Waals surface area contributed by atoms with Crippen molar-refractivity contribution in [2.45, 2.75) is 13.0 Å². The second-order valence-electron chi connectivity index (χ2n) is 5.44. The Balaban J connectivity index is 1.42. The molecule has 24 heavy (non-hydrogen) atoms. The van der Waals surface area contributed by atoms with Crippen molar-refractivity contribution in [3.63, 3.8) is 0 Å². The van der Waals surface area contributed by atoms with Crippen molar-refractivity contribution in [2.24, 2.45) is 0 Å². The molecule has 1 aliphatic rings. The lowest BCUT2D eigenvalue weighted by Crippen LogP contribution is -2.41. The first-order valence-corrected chi connectivity index (χ1v) is 7.56. The van der Waals surface area contributed by atoms with Crippen molar-refractivity contribution in [3.8, 4) is 11.5 Å². The van der Waals surface area contributed by atoms with Gasteiger partial charge in [-0.05, 0) is 25.1 Å². The van der Waals surface area contributed by atoms with Gasteiger partial charge in [0.2, 0.25) is 5.82 Å². The van der Waals surface area contributed by atoms with Crippen molar-refractivity contribution in [2.75, 3.05) is 13.2 Å². The molecular weight excluding hydrogens is 310 g/mol. The fraction of sp³-hybridized carbons (Fsp3) is 0.250. The quantitative estimate of drug-likeness (QED) is 0.773. The lowest BCUT2D eigenvalue weighted by atomic mass is 10.2.